The largest absolute Gasteiger partial charge is 0.309 e. The van der Waals surface area contributed by atoms with E-state index in [1.807, 2.05) is 24.5 Å². The molecule has 6 aromatic heterocycles. The molecule has 0 unspecified atom stereocenters. The van der Waals surface area contributed by atoms with E-state index in [-0.39, 0.29) is 0 Å². The Morgan fingerprint density at radius 3 is 1.43 bits per heavy atom. The van der Waals surface area contributed by atoms with Crippen molar-refractivity contribution in [2.45, 2.75) is 0 Å². The van der Waals surface area contributed by atoms with Crippen LogP contribution in [-0.2, 0) is 0 Å². The van der Waals surface area contributed by atoms with E-state index in [9.17, 15) is 0 Å². The van der Waals surface area contributed by atoms with Crippen molar-refractivity contribution in [3.8, 4) is 62.1 Å². The van der Waals surface area contributed by atoms with Crippen LogP contribution in [0.5, 0.6) is 0 Å². The van der Waals surface area contributed by atoms with E-state index >= 15 is 0 Å². The zero-order valence-corrected chi connectivity index (χ0v) is 37.3. The molecule has 6 heteroatoms. The third-order valence-corrected chi connectivity index (χ3v) is 13.7. The molecule has 0 fully saturated rings. The summed E-state index contributed by atoms with van der Waals surface area (Å²) >= 11 is 0. The van der Waals surface area contributed by atoms with Gasteiger partial charge in [-0.2, -0.15) is 0 Å². The lowest BCUT2D eigenvalue weighted by Gasteiger charge is -2.14. The lowest BCUT2D eigenvalue weighted by atomic mass is 10.0. The van der Waals surface area contributed by atoms with E-state index in [1.165, 1.54) is 32.3 Å². The Morgan fingerprint density at radius 1 is 0.246 bits per heavy atom. The second kappa shape index (κ2) is 15.6. The molecule has 14 rings (SSSR count). The molecular formula is C63H40N6. The number of hydrogen-bond acceptors (Lipinski definition) is 3. The molecule has 14 aromatic rings. The number of para-hydroxylation sites is 3. The first-order valence-corrected chi connectivity index (χ1v) is 23.3. The fourth-order valence-corrected chi connectivity index (χ4v) is 10.6. The van der Waals surface area contributed by atoms with Crippen LogP contribution in [0.2, 0.25) is 0 Å². The summed E-state index contributed by atoms with van der Waals surface area (Å²) in [6.07, 6.45) is 3.86. The van der Waals surface area contributed by atoms with E-state index in [0.717, 1.165) is 95.2 Å². The summed E-state index contributed by atoms with van der Waals surface area (Å²) in [6, 6.07) is 82.1. The molecule has 0 amide bonds. The summed E-state index contributed by atoms with van der Waals surface area (Å²) in [5.41, 5.74) is 18.0. The number of nitrogens with zero attached hydrogens (tertiary/aromatic N) is 6. The summed E-state index contributed by atoms with van der Waals surface area (Å²) in [5, 5.41) is 7.12. The van der Waals surface area contributed by atoms with Crippen LogP contribution in [-0.4, -0.2) is 28.7 Å². The van der Waals surface area contributed by atoms with E-state index < -0.39 is 0 Å². The number of rotatable bonds is 7. The minimum atomic E-state index is 0.913. The molecule has 0 saturated carbocycles. The van der Waals surface area contributed by atoms with Gasteiger partial charge in [0.25, 0.3) is 0 Å². The Balaban J connectivity index is 0.889. The van der Waals surface area contributed by atoms with Gasteiger partial charge in [-0.25, -0.2) is 9.97 Å². The van der Waals surface area contributed by atoms with Crippen molar-refractivity contribution in [3.05, 3.63) is 243 Å². The normalized spacial score (nSPS) is 11.8. The second-order valence-corrected chi connectivity index (χ2v) is 17.7. The number of benzene rings is 8. The van der Waals surface area contributed by atoms with Crippen LogP contribution < -0.4 is 0 Å². The Hall–Kier alpha value is -9.39. The maximum atomic E-state index is 5.39. The van der Waals surface area contributed by atoms with Gasteiger partial charge in [0.15, 0.2) is 0 Å². The molecule has 8 aromatic carbocycles. The van der Waals surface area contributed by atoms with Crippen LogP contribution in [0, 0.1) is 0 Å². The van der Waals surface area contributed by atoms with Gasteiger partial charge in [0.1, 0.15) is 0 Å². The van der Waals surface area contributed by atoms with Gasteiger partial charge in [0, 0.05) is 72.1 Å². The van der Waals surface area contributed by atoms with Crippen LogP contribution in [0.1, 0.15) is 0 Å². The van der Waals surface area contributed by atoms with Crippen molar-refractivity contribution in [2.24, 2.45) is 0 Å². The summed E-state index contributed by atoms with van der Waals surface area (Å²) in [4.78, 5) is 15.1. The average molecular weight is 881 g/mol. The van der Waals surface area contributed by atoms with Gasteiger partial charge in [-0.1, -0.05) is 140 Å². The molecule has 0 aliphatic carbocycles. The molecule has 322 valence electrons. The molecule has 0 atom stereocenters. The van der Waals surface area contributed by atoms with Gasteiger partial charge in [0.05, 0.1) is 67.8 Å². The van der Waals surface area contributed by atoms with Crippen LogP contribution in [0.25, 0.3) is 128 Å². The topological polar surface area (TPSA) is 53.5 Å². The predicted molar refractivity (Wildman–Crippen MR) is 285 cm³/mol. The van der Waals surface area contributed by atoms with Gasteiger partial charge in [-0.3, -0.25) is 4.98 Å². The molecule has 0 saturated heterocycles. The number of fused-ring (bicyclic) bond motifs is 9. The Bertz CT molecular complexity index is 4240. The quantitative estimate of drug-likeness (QED) is 0.160. The van der Waals surface area contributed by atoms with Crippen molar-refractivity contribution >= 4 is 65.4 Å². The van der Waals surface area contributed by atoms with E-state index in [2.05, 4.69) is 237 Å². The first-order chi connectivity index (χ1) is 34.2. The van der Waals surface area contributed by atoms with Crippen molar-refractivity contribution in [1.82, 2.24) is 28.7 Å². The number of aromatic nitrogens is 6. The molecule has 6 heterocycles. The molecule has 0 radical (unpaired) electrons. The van der Waals surface area contributed by atoms with Crippen LogP contribution in [0.4, 0.5) is 0 Å². The third-order valence-electron chi connectivity index (χ3n) is 13.7. The Kier molecular flexibility index (Phi) is 8.79. The number of pyridine rings is 3. The van der Waals surface area contributed by atoms with Crippen LogP contribution >= 0.6 is 0 Å². The molecule has 0 bridgehead atoms. The fourth-order valence-electron chi connectivity index (χ4n) is 10.6. The number of hydrogen-bond donors (Lipinski definition) is 0. The summed E-state index contributed by atoms with van der Waals surface area (Å²) in [6.45, 7) is 0. The minimum Gasteiger partial charge on any atom is -0.309 e. The summed E-state index contributed by atoms with van der Waals surface area (Å²) in [5.74, 6) is 0. The lowest BCUT2D eigenvalue weighted by molar-refractivity contribution is 1.16. The molecular weight excluding hydrogens is 841 g/mol. The lowest BCUT2D eigenvalue weighted by Crippen LogP contribution is -1.98. The van der Waals surface area contributed by atoms with Crippen molar-refractivity contribution in [1.29, 1.82) is 0 Å². The van der Waals surface area contributed by atoms with Crippen LogP contribution in [0.3, 0.4) is 0 Å². The molecule has 0 aliphatic heterocycles. The standard InChI is InChI=1S/C63H40N6/c1-4-15-41(16-5-1)56-38-47(39-57(66-56)42-17-6-2-7-18-42)69-58-25-12-10-21-48(58)50-30-27-44(36-62(50)69)55-24-14-23-54(65-55)43-28-31-60-52(35-43)49-22-11-13-26-59(49)68(60)46-29-32-61-53(37-46)51-33-34-64-40-63(51)67(61)45-19-8-3-9-20-45/h1-40H. The maximum Gasteiger partial charge on any atom is 0.0730 e. The average Bonchev–Trinajstić information content (AvgIpc) is 4.06. The highest BCUT2D eigenvalue weighted by molar-refractivity contribution is 6.13. The Labute approximate surface area is 397 Å². The highest BCUT2D eigenvalue weighted by Gasteiger charge is 2.20. The predicted octanol–water partition coefficient (Wildman–Crippen LogP) is 15.8. The van der Waals surface area contributed by atoms with E-state index in [4.69, 9.17) is 9.97 Å². The first-order valence-electron chi connectivity index (χ1n) is 23.3. The van der Waals surface area contributed by atoms with Crippen LogP contribution in [0.15, 0.2) is 243 Å². The second-order valence-electron chi connectivity index (χ2n) is 17.7. The van der Waals surface area contributed by atoms with Gasteiger partial charge in [0.2, 0.25) is 0 Å². The third kappa shape index (κ3) is 6.30. The highest BCUT2D eigenvalue weighted by Crippen LogP contribution is 2.40. The molecule has 6 nitrogen and oxygen atoms in total. The van der Waals surface area contributed by atoms with E-state index in [0.29, 0.717) is 0 Å². The molecule has 0 N–H and O–H groups in total. The molecule has 69 heavy (non-hydrogen) atoms. The van der Waals surface area contributed by atoms with Crippen molar-refractivity contribution in [3.63, 3.8) is 0 Å². The molecule has 0 spiro atoms. The summed E-state index contributed by atoms with van der Waals surface area (Å²) < 4.78 is 7.09. The van der Waals surface area contributed by atoms with E-state index in [1.54, 1.807) is 0 Å². The smallest absolute Gasteiger partial charge is 0.0730 e. The zero-order valence-electron chi connectivity index (χ0n) is 37.3. The summed E-state index contributed by atoms with van der Waals surface area (Å²) in [7, 11) is 0. The zero-order chi connectivity index (χ0) is 45.4. The van der Waals surface area contributed by atoms with Gasteiger partial charge >= 0.3 is 0 Å². The first kappa shape index (κ1) is 38.8. The molecule has 0 aliphatic rings. The Morgan fingerprint density at radius 2 is 0.739 bits per heavy atom. The SMILES string of the molecule is c1ccc(-c2cc(-n3c4ccccc4c4ccc(-c5cccc(-c6ccc7c(c6)c6ccccc6n7-c6ccc7c(c6)c6ccncc6n7-c6ccccc6)n5)cc43)cc(-c3ccccc3)n2)cc1. The fraction of sp³-hybridized carbons (Fsp3) is 0. The highest BCUT2D eigenvalue weighted by atomic mass is 15.0. The minimum absolute atomic E-state index is 0.913. The van der Waals surface area contributed by atoms with Gasteiger partial charge in [-0.15, -0.1) is 0 Å². The monoisotopic (exact) mass is 880 g/mol. The van der Waals surface area contributed by atoms with Gasteiger partial charge in [-0.05, 0) is 91.0 Å². The van der Waals surface area contributed by atoms with Crippen molar-refractivity contribution in [2.75, 3.05) is 0 Å². The maximum absolute atomic E-state index is 5.39. The van der Waals surface area contributed by atoms with Gasteiger partial charge < -0.3 is 13.7 Å². The van der Waals surface area contributed by atoms with Crippen molar-refractivity contribution < 1.29 is 0 Å².